The van der Waals surface area contributed by atoms with Crippen LogP contribution in [0, 0.1) is 11.3 Å². The van der Waals surface area contributed by atoms with Gasteiger partial charge in [0.2, 0.25) is 10.0 Å². The molecule has 0 bridgehead atoms. The Kier molecular flexibility index (Phi) is 5.94. The lowest BCUT2D eigenvalue weighted by Crippen LogP contribution is -2.54. The molecule has 1 amide bonds. The highest BCUT2D eigenvalue weighted by Crippen LogP contribution is 2.37. The Morgan fingerprint density at radius 2 is 1.93 bits per heavy atom. The highest BCUT2D eigenvalue weighted by molar-refractivity contribution is 7.89. The SMILES string of the molecule is CCS(=O)(=O)N1CCC(N2C(=S)N(c3ccc(C#N)c(Cl)c3)C(=O)C2(C)C)CC1. The fourth-order valence-corrected chi connectivity index (χ4v) is 5.86. The summed E-state index contributed by atoms with van der Waals surface area (Å²) in [7, 11) is -3.22. The van der Waals surface area contributed by atoms with E-state index in [0.717, 1.165) is 0 Å². The van der Waals surface area contributed by atoms with Crippen LogP contribution in [0.15, 0.2) is 18.2 Å². The van der Waals surface area contributed by atoms with Gasteiger partial charge >= 0.3 is 0 Å². The van der Waals surface area contributed by atoms with Crippen LogP contribution in [0.3, 0.4) is 0 Å². The molecule has 2 aliphatic rings. The quantitative estimate of drug-likeness (QED) is 0.650. The molecule has 2 aliphatic heterocycles. The maximum absolute atomic E-state index is 13.2. The summed E-state index contributed by atoms with van der Waals surface area (Å²) in [4.78, 5) is 16.6. The molecule has 2 saturated heterocycles. The Labute approximate surface area is 181 Å². The monoisotopic (exact) mass is 454 g/mol. The summed E-state index contributed by atoms with van der Waals surface area (Å²) in [5.41, 5.74) is -0.0207. The zero-order valence-corrected chi connectivity index (χ0v) is 18.9. The van der Waals surface area contributed by atoms with Crippen LogP contribution >= 0.6 is 23.8 Å². The molecule has 2 heterocycles. The van der Waals surface area contributed by atoms with E-state index in [1.807, 2.05) is 24.8 Å². The number of rotatable bonds is 4. The molecule has 0 unspecified atom stereocenters. The van der Waals surface area contributed by atoms with E-state index in [-0.39, 0.29) is 22.7 Å². The van der Waals surface area contributed by atoms with Crippen LogP contribution in [-0.4, -0.2) is 59.1 Å². The molecule has 0 radical (unpaired) electrons. The summed E-state index contributed by atoms with van der Waals surface area (Å²) >= 11 is 11.8. The third-order valence-electron chi connectivity index (χ3n) is 5.60. The number of hydrogen-bond donors (Lipinski definition) is 0. The van der Waals surface area contributed by atoms with Crippen molar-refractivity contribution in [3.8, 4) is 6.07 Å². The first-order chi connectivity index (χ1) is 13.5. The molecule has 3 rings (SSSR count). The Morgan fingerprint density at radius 1 is 1.31 bits per heavy atom. The largest absolute Gasteiger partial charge is 0.331 e. The van der Waals surface area contributed by atoms with Crippen LogP contribution in [-0.2, 0) is 14.8 Å². The molecule has 0 aromatic heterocycles. The fraction of sp³-hybridized carbons (Fsp3) is 0.526. The van der Waals surface area contributed by atoms with E-state index in [9.17, 15) is 13.2 Å². The van der Waals surface area contributed by atoms with E-state index in [1.165, 1.54) is 9.21 Å². The average Bonchev–Trinajstić information content (AvgIpc) is 2.86. The molecule has 10 heteroatoms. The molecule has 7 nitrogen and oxygen atoms in total. The topological polar surface area (TPSA) is 84.7 Å². The van der Waals surface area contributed by atoms with Crippen LogP contribution in [0.5, 0.6) is 0 Å². The number of nitrogens with zero attached hydrogens (tertiary/aromatic N) is 4. The number of anilines is 1. The van der Waals surface area contributed by atoms with Crippen LogP contribution < -0.4 is 4.90 Å². The van der Waals surface area contributed by atoms with Gasteiger partial charge in [0.15, 0.2) is 5.11 Å². The smallest absolute Gasteiger partial charge is 0.258 e. The van der Waals surface area contributed by atoms with Gasteiger partial charge in [-0.3, -0.25) is 9.69 Å². The van der Waals surface area contributed by atoms with Crippen molar-refractivity contribution >= 4 is 50.5 Å². The molecular weight excluding hydrogens is 432 g/mol. The summed E-state index contributed by atoms with van der Waals surface area (Å²) in [6.45, 7) is 6.10. The molecule has 2 fully saturated rings. The normalized spacial score (nSPS) is 20.9. The number of benzene rings is 1. The Balaban J connectivity index is 1.86. The van der Waals surface area contributed by atoms with Gasteiger partial charge in [0.1, 0.15) is 11.6 Å². The number of nitriles is 1. The minimum Gasteiger partial charge on any atom is -0.331 e. The van der Waals surface area contributed by atoms with E-state index in [2.05, 4.69) is 0 Å². The van der Waals surface area contributed by atoms with Crippen LogP contribution in [0.25, 0.3) is 0 Å². The van der Waals surface area contributed by atoms with Gasteiger partial charge < -0.3 is 4.90 Å². The molecule has 29 heavy (non-hydrogen) atoms. The number of halogens is 1. The number of thiocarbonyl (C=S) groups is 1. The third kappa shape index (κ3) is 3.75. The number of carbonyl (C=O) groups is 1. The Morgan fingerprint density at radius 3 is 2.45 bits per heavy atom. The molecule has 0 spiro atoms. The lowest BCUT2D eigenvalue weighted by molar-refractivity contribution is -0.124. The zero-order valence-electron chi connectivity index (χ0n) is 16.6. The number of piperidine rings is 1. The summed E-state index contributed by atoms with van der Waals surface area (Å²) < 4.78 is 25.8. The summed E-state index contributed by atoms with van der Waals surface area (Å²) in [5, 5.41) is 9.71. The minimum absolute atomic E-state index is 0.0383. The number of amides is 1. The maximum atomic E-state index is 13.2. The second-order valence-electron chi connectivity index (χ2n) is 7.66. The van der Waals surface area contributed by atoms with Crippen molar-refractivity contribution in [1.82, 2.24) is 9.21 Å². The van der Waals surface area contributed by atoms with Crippen molar-refractivity contribution in [2.45, 2.75) is 45.2 Å². The van der Waals surface area contributed by atoms with Gasteiger partial charge in [0.25, 0.3) is 5.91 Å². The van der Waals surface area contributed by atoms with E-state index in [1.54, 1.807) is 25.1 Å². The third-order valence-corrected chi connectivity index (χ3v) is 8.18. The molecule has 0 aliphatic carbocycles. The van der Waals surface area contributed by atoms with Gasteiger partial charge in [-0.1, -0.05) is 11.6 Å². The number of carbonyl (C=O) groups excluding carboxylic acids is 1. The van der Waals surface area contributed by atoms with Crippen molar-refractivity contribution in [3.63, 3.8) is 0 Å². The van der Waals surface area contributed by atoms with Crippen molar-refractivity contribution in [1.29, 1.82) is 5.26 Å². The molecule has 0 N–H and O–H groups in total. The highest BCUT2D eigenvalue weighted by atomic mass is 35.5. The standard InChI is InChI=1S/C19H23ClN4O3S2/c1-4-29(26,27)22-9-7-14(8-10-22)24-18(28)23(17(25)19(24,2)3)15-6-5-13(12-21)16(20)11-15/h5-6,11,14H,4,7-10H2,1-3H3. The highest BCUT2D eigenvalue weighted by Gasteiger charge is 2.52. The lowest BCUT2D eigenvalue weighted by atomic mass is 9.97. The van der Waals surface area contributed by atoms with E-state index in [4.69, 9.17) is 29.1 Å². The summed E-state index contributed by atoms with van der Waals surface area (Å²) in [6.07, 6.45) is 1.19. The van der Waals surface area contributed by atoms with Crippen molar-refractivity contribution in [3.05, 3.63) is 28.8 Å². The van der Waals surface area contributed by atoms with E-state index >= 15 is 0 Å². The molecular formula is C19H23ClN4O3S2. The van der Waals surface area contributed by atoms with Crippen molar-refractivity contribution < 1.29 is 13.2 Å². The molecule has 1 aromatic carbocycles. The Hall–Kier alpha value is -1.73. The molecule has 0 saturated carbocycles. The van der Waals surface area contributed by atoms with Crippen molar-refractivity contribution in [2.24, 2.45) is 0 Å². The second-order valence-corrected chi connectivity index (χ2v) is 10.7. The number of hydrogen-bond acceptors (Lipinski definition) is 5. The van der Waals surface area contributed by atoms with Crippen molar-refractivity contribution in [2.75, 3.05) is 23.7 Å². The van der Waals surface area contributed by atoms with E-state index < -0.39 is 15.6 Å². The fourth-order valence-electron chi connectivity index (χ4n) is 3.95. The van der Waals surface area contributed by atoms with Gasteiger partial charge in [-0.15, -0.1) is 0 Å². The van der Waals surface area contributed by atoms with Gasteiger partial charge in [0, 0.05) is 19.1 Å². The van der Waals surface area contributed by atoms with Gasteiger partial charge in [0.05, 0.1) is 22.0 Å². The lowest BCUT2D eigenvalue weighted by Gasteiger charge is -2.41. The predicted octanol–water partition coefficient (Wildman–Crippen LogP) is 2.74. The summed E-state index contributed by atoms with van der Waals surface area (Å²) in [5.74, 6) is -0.0938. The molecule has 156 valence electrons. The first kappa shape index (κ1) is 22.0. The summed E-state index contributed by atoms with van der Waals surface area (Å²) in [6, 6.07) is 6.76. The molecule has 1 aromatic rings. The van der Waals surface area contributed by atoms with E-state index in [0.29, 0.717) is 42.3 Å². The first-order valence-corrected chi connectivity index (χ1v) is 11.8. The zero-order chi connectivity index (χ0) is 21.6. The Bertz CT molecular complexity index is 995. The van der Waals surface area contributed by atoms with Crippen LogP contribution in [0.1, 0.15) is 39.2 Å². The minimum atomic E-state index is -3.22. The van der Waals surface area contributed by atoms with Gasteiger partial charge in [-0.2, -0.15) is 5.26 Å². The van der Waals surface area contributed by atoms with Crippen LogP contribution in [0.4, 0.5) is 5.69 Å². The average molecular weight is 455 g/mol. The first-order valence-electron chi connectivity index (χ1n) is 9.40. The van der Waals surface area contributed by atoms with Gasteiger partial charge in [-0.05, 0) is 64.0 Å². The van der Waals surface area contributed by atoms with Crippen LogP contribution in [0.2, 0.25) is 5.02 Å². The number of sulfonamides is 1. The molecule has 0 atom stereocenters. The second kappa shape index (κ2) is 7.84. The van der Waals surface area contributed by atoms with Gasteiger partial charge in [-0.25, -0.2) is 12.7 Å². The maximum Gasteiger partial charge on any atom is 0.258 e. The predicted molar refractivity (Wildman–Crippen MR) is 116 cm³/mol.